The summed E-state index contributed by atoms with van der Waals surface area (Å²) in [5, 5.41) is 4.39. The summed E-state index contributed by atoms with van der Waals surface area (Å²) in [5.41, 5.74) is 1.13. The Bertz CT molecular complexity index is 367. The number of hydrogen-bond acceptors (Lipinski definition) is 1. The fourth-order valence-electron chi connectivity index (χ4n) is 2.18. The van der Waals surface area contributed by atoms with Crippen LogP contribution in [-0.4, -0.2) is 6.04 Å². The molecule has 0 amide bonds. The first-order valence-electron chi connectivity index (χ1n) is 6.60. The maximum atomic E-state index is 5.96. The molecular weight excluding hydrogens is 310 g/mol. The topological polar surface area (TPSA) is 12.0 Å². The molecule has 102 valence electrons. The van der Waals surface area contributed by atoms with Crippen molar-refractivity contribution in [1.82, 2.24) is 0 Å². The van der Waals surface area contributed by atoms with Crippen molar-refractivity contribution in [2.75, 3.05) is 5.32 Å². The zero-order chi connectivity index (χ0) is 13.7. The van der Waals surface area contributed by atoms with Crippen LogP contribution in [0.5, 0.6) is 0 Å². The van der Waals surface area contributed by atoms with Gasteiger partial charge in [0.25, 0.3) is 0 Å². The molecule has 1 N–H and O–H groups in total. The smallest absolute Gasteiger partial charge is 0.0487 e. The van der Waals surface area contributed by atoms with Crippen molar-refractivity contribution >= 4 is 33.2 Å². The maximum absolute atomic E-state index is 5.96. The first-order chi connectivity index (χ1) is 8.38. The molecule has 0 saturated carbocycles. The van der Waals surface area contributed by atoms with E-state index in [1.165, 1.54) is 12.8 Å². The van der Waals surface area contributed by atoms with E-state index >= 15 is 0 Å². The van der Waals surface area contributed by atoms with Gasteiger partial charge in [0, 0.05) is 21.2 Å². The molecule has 0 heterocycles. The Morgan fingerprint density at radius 2 is 1.67 bits per heavy atom. The van der Waals surface area contributed by atoms with E-state index in [2.05, 4.69) is 48.9 Å². The summed E-state index contributed by atoms with van der Waals surface area (Å²) in [6.07, 6.45) is 2.38. The molecule has 1 nitrogen and oxygen atoms in total. The van der Waals surface area contributed by atoms with Gasteiger partial charge in [-0.15, -0.1) is 0 Å². The summed E-state index contributed by atoms with van der Waals surface area (Å²) in [6, 6.07) is 6.42. The van der Waals surface area contributed by atoms with Crippen LogP contribution in [0.15, 0.2) is 22.7 Å². The summed E-state index contributed by atoms with van der Waals surface area (Å²) >= 11 is 9.53. The molecule has 18 heavy (non-hydrogen) atoms. The molecule has 0 unspecified atom stereocenters. The zero-order valence-corrected chi connectivity index (χ0v) is 14.0. The van der Waals surface area contributed by atoms with Gasteiger partial charge in [-0.2, -0.15) is 0 Å². The van der Waals surface area contributed by atoms with Crippen LogP contribution in [-0.2, 0) is 0 Å². The van der Waals surface area contributed by atoms with E-state index in [4.69, 9.17) is 11.6 Å². The minimum absolute atomic E-state index is 0.516. The third-order valence-corrected chi connectivity index (χ3v) is 3.69. The Balaban J connectivity index is 2.75. The van der Waals surface area contributed by atoms with Crippen LogP contribution in [0.1, 0.15) is 40.5 Å². The highest BCUT2D eigenvalue weighted by Gasteiger charge is 2.14. The number of rotatable bonds is 6. The quantitative estimate of drug-likeness (QED) is 0.676. The number of anilines is 1. The molecule has 0 atom stereocenters. The third kappa shape index (κ3) is 5.62. The standard InChI is InChI=1S/C15H23BrClN/c1-10(2)7-13(8-11(3)4)18-15-6-5-12(17)9-14(15)16/h5-6,9-11,13,18H,7-8H2,1-4H3. The van der Waals surface area contributed by atoms with Crippen LogP contribution < -0.4 is 5.32 Å². The van der Waals surface area contributed by atoms with E-state index in [-0.39, 0.29) is 0 Å². The maximum Gasteiger partial charge on any atom is 0.0487 e. The number of nitrogens with one attached hydrogen (secondary N) is 1. The van der Waals surface area contributed by atoms with Crippen molar-refractivity contribution in [1.29, 1.82) is 0 Å². The van der Waals surface area contributed by atoms with Crippen molar-refractivity contribution in [2.45, 2.75) is 46.6 Å². The van der Waals surface area contributed by atoms with Crippen LogP contribution in [0, 0.1) is 11.8 Å². The first-order valence-corrected chi connectivity index (χ1v) is 7.77. The van der Waals surface area contributed by atoms with Crippen molar-refractivity contribution in [2.24, 2.45) is 11.8 Å². The van der Waals surface area contributed by atoms with Gasteiger partial charge in [0.15, 0.2) is 0 Å². The average molecular weight is 333 g/mol. The van der Waals surface area contributed by atoms with Crippen LogP contribution in [0.4, 0.5) is 5.69 Å². The molecule has 0 bridgehead atoms. The molecule has 1 aromatic carbocycles. The normalized spacial score (nSPS) is 11.6. The predicted molar refractivity (Wildman–Crippen MR) is 85.5 cm³/mol. The van der Waals surface area contributed by atoms with Crippen LogP contribution in [0.25, 0.3) is 0 Å². The lowest BCUT2D eigenvalue weighted by Gasteiger charge is -2.24. The van der Waals surface area contributed by atoms with E-state index in [0.717, 1.165) is 15.2 Å². The molecule has 0 aliphatic heterocycles. The van der Waals surface area contributed by atoms with E-state index in [1.54, 1.807) is 0 Å². The Kier molecular flexibility index (Phi) is 6.51. The van der Waals surface area contributed by atoms with Gasteiger partial charge in [0.1, 0.15) is 0 Å². The Morgan fingerprint density at radius 3 is 2.11 bits per heavy atom. The van der Waals surface area contributed by atoms with Gasteiger partial charge in [0.2, 0.25) is 0 Å². The predicted octanol–water partition coefficient (Wildman–Crippen LogP) is 5.98. The minimum atomic E-state index is 0.516. The molecule has 1 rings (SSSR count). The zero-order valence-electron chi connectivity index (χ0n) is 11.6. The van der Waals surface area contributed by atoms with Gasteiger partial charge in [-0.25, -0.2) is 0 Å². The summed E-state index contributed by atoms with van der Waals surface area (Å²) in [7, 11) is 0. The van der Waals surface area contributed by atoms with Crippen LogP contribution in [0.3, 0.4) is 0 Å². The monoisotopic (exact) mass is 331 g/mol. The van der Waals surface area contributed by atoms with Crippen molar-refractivity contribution in [3.8, 4) is 0 Å². The first kappa shape index (κ1) is 15.8. The highest BCUT2D eigenvalue weighted by atomic mass is 79.9. The summed E-state index contributed by atoms with van der Waals surface area (Å²) in [6.45, 7) is 9.08. The molecule has 0 aromatic heterocycles. The second kappa shape index (κ2) is 7.40. The Labute approximate surface area is 124 Å². The molecule has 0 aliphatic carbocycles. The molecule has 0 spiro atoms. The second-order valence-electron chi connectivity index (χ2n) is 5.72. The molecule has 0 saturated heterocycles. The second-order valence-corrected chi connectivity index (χ2v) is 7.02. The van der Waals surface area contributed by atoms with Crippen LogP contribution >= 0.6 is 27.5 Å². The van der Waals surface area contributed by atoms with E-state index < -0.39 is 0 Å². The van der Waals surface area contributed by atoms with Gasteiger partial charge in [-0.1, -0.05) is 39.3 Å². The van der Waals surface area contributed by atoms with E-state index in [1.807, 2.05) is 18.2 Å². The molecule has 0 fully saturated rings. The highest BCUT2D eigenvalue weighted by molar-refractivity contribution is 9.10. The van der Waals surface area contributed by atoms with E-state index in [9.17, 15) is 0 Å². The summed E-state index contributed by atoms with van der Waals surface area (Å²) < 4.78 is 1.03. The molecule has 1 aromatic rings. The number of hydrogen-bond donors (Lipinski definition) is 1. The Hall–Kier alpha value is -0.210. The number of benzene rings is 1. The van der Waals surface area contributed by atoms with Crippen molar-refractivity contribution in [3.63, 3.8) is 0 Å². The molecular formula is C15H23BrClN. The van der Waals surface area contributed by atoms with Gasteiger partial charge in [-0.3, -0.25) is 0 Å². The van der Waals surface area contributed by atoms with Crippen LogP contribution in [0.2, 0.25) is 5.02 Å². The number of halogens is 2. The average Bonchev–Trinajstić information content (AvgIpc) is 2.20. The minimum Gasteiger partial charge on any atom is -0.381 e. The fraction of sp³-hybridized carbons (Fsp3) is 0.600. The molecule has 3 heteroatoms. The molecule has 0 radical (unpaired) electrons. The fourth-order valence-corrected chi connectivity index (χ4v) is 2.98. The van der Waals surface area contributed by atoms with Gasteiger partial charge in [0.05, 0.1) is 0 Å². The van der Waals surface area contributed by atoms with E-state index in [0.29, 0.717) is 17.9 Å². The van der Waals surface area contributed by atoms with Gasteiger partial charge < -0.3 is 5.32 Å². The summed E-state index contributed by atoms with van der Waals surface area (Å²) in [4.78, 5) is 0. The highest BCUT2D eigenvalue weighted by Crippen LogP contribution is 2.28. The SMILES string of the molecule is CC(C)CC(CC(C)C)Nc1ccc(Cl)cc1Br. The molecule has 0 aliphatic rings. The third-order valence-electron chi connectivity index (χ3n) is 2.80. The lowest BCUT2D eigenvalue weighted by Crippen LogP contribution is -2.23. The van der Waals surface area contributed by atoms with Crippen molar-refractivity contribution < 1.29 is 0 Å². The van der Waals surface area contributed by atoms with Crippen molar-refractivity contribution in [3.05, 3.63) is 27.7 Å². The summed E-state index contributed by atoms with van der Waals surface area (Å²) in [5.74, 6) is 1.40. The van der Waals surface area contributed by atoms with Gasteiger partial charge >= 0.3 is 0 Å². The Morgan fingerprint density at radius 1 is 1.11 bits per heavy atom. The lowest BCUT2D eigenvalue weighted by atomic mass is 9.95. The lowest BCUT2D eigenvalue weighted by molar-refractivity contribution is 0.442. The largest absolute Gasteiger partial charge is 0.381 e. The van der Waals surface area contributed by atoms with Gasteiger partial charge in [-0.05, 0) is 58.8 Å².